The van der Waals surface area contributed by atoms with E-state index in [1.54, 1.807) is 6.92 Å². The molecule has 0 saturated carbocycles. The van der Waals surface area contributed by atoms with Crippen molar-refractivity contribution >= 4 is 5.97 Å². The van der Waals surface area contributed by atoms with Crippen LogP contribution in [0.1, 0.15) is 25.3 Å². The van der Waals surface area contributed by atoms with Gasteiger partial charge < -0.3 is 5.11 Å². The number of rotatable bonds is 3. The van der Waals surface area contributed by atoms with Crippen LogP contribution >= 0.6 is 0 Å². The van der Waals surface area contributed by atoms with Crippen LogP contribution in [-0.4, -0.2) is 29.1 Å². The molecular weight excluding hydrogens is 271 g/mol. The number of hydrogen-bond donors (Lipinski definition) is 1. The van der Waals surface area contributed by atoms with Crippen molar-refractivity contribution in [1.29, 1.82) is 0 Å². The van der Waals surface area contributed by atoms with Gasteiger partial charge in [0.15, 0.2) is 17.5 Å². The number of piperidine rings is 1. The molecule has 20 heavy (non-hydrogen) atoms. The van der Waals surface area contributed by atoms with Crippen molar-refractivity contribution < 1.29 is 23.1 Å². The van der Waals surface area contributed by atoms with Gasteiger partial charge in [-0.2, -0.15) is 0 Å². The summed E-state index contributed by atoms with van der Waals surface area (Å²) in [5.74, 6) is -4.81. The molecule has 1 aliphatic rings. The second-order valence-electron chi connectivity index (χ2n) is 5.55. The second kappa shape index (κ2) is 5.44. The first-order chi connectivity index (χ1) is 9.32. The largest absolute Gasteiger partial charge is 0.481 e. The first kappa shape index (κ1) is 14.8. The number of hydrogen-bond acceptors (Lipinski definition) is 2. The number of benzene rings is 1. The van der Waals surface area contributed by atoms with Gasteiger partial charge in [-0.3, -0.25) is 9.69 Å². The Morgan fingerprint density at radius 1 is 1.35 bits per heavy atom. The molecule has 1 N–H and O–H groups in total. The molecule has 0 bridgehead atoms. The zero-order valence-corrected chi connectivity index (χ0v) is 11.1. The number of halogens is 3. The molecule has 1 fully saturated rings. The van der Waals surface area contributed by atoms with Gasteiger partial charge in [0.05, 0.1) is 5.41 Å². The molecule has 0 radical (unpaired) electrons. The Bertz CT molecular complexity index is 512. The molecule has 1 aliphatic heterocycles. The van der Waals surface area contributed by atoms with E-state index in [0.29, 0.717) is 31.5 Å². The van der Waals surface area contributed by atoms with Gasteiger partial charge in [0.25, 0.3) is 0 Å². The Morgan fingerprint density at radius 3 is 2.50 bits per heavy atom. The fourth-order valence-corrected chi connectivity index (χ4v) is 2.61. The molecule has 1 aromatic carbocycles. The molecule has 3 nitrogen and oxygen atoms in total. The van der Waals surface area contributed by atoms with Crippen LogP contribution in [0.3, 0.4) is 0 Å². The molecular formula is C14H16F3NO2. The van der Waals surface area contributed by atoms with Crippen molar-refractivity contribution in [2.45, 2.75) is 26.3 Å². The van der Waals surface area contributed by atoms with Crippen molar-refractivity contribution in [2.75, 3.05) is 13.1 Å². The zero-order chi connectivity index (χ0) is 14.9. The van der Waals surface area contributed by atoms with E-state index in [-0.39, 0.29) is 6.54 Å². The highest BCUT2D eigenvalue weighted by atomic mass is 19.2. The van der Waals surface area contributed by atoms with E-state index in [1.165, 1.54) is 0 Å². The monoisotopic (exact) mass is 287 g/mol. The first-order valence-corrected chi connectivity index (χ1v) is 6.41. The average Bonchev–Trinajstić information content (AvgIpc) is 2.36. The molecule has 110 valence electrons. The van der Waals surface area contributed by atoms with E-state index < -0.39 is 28.8 Å². The topological polar surface area (TPSA) is 40.5 Å². The Morgan fingerprint density at radius 2 is 1.95 bits per heavy atom. The maximum absolute atomic E-state index is 13.1. The van der Waals surface area contributed by atoms with Gasteiger partial charge in [-0.05, 0) is 44.0 Å². The minimum absolute atomic E-state index is 0.205. The summed E-state index contributed by atoms with van der Waals surface area (Å²) >= 11 is 0. The highest BCUT2D eigenvalue weighted by Crippen LogP contribution is 2.30. The van der Waals surface area contributed by atoms with Crippen LogP contribution < -0.4 is 0 Å². The lowest BCUT2D eigenvalue weighted by atomic mass is 9.82. The van der Waals surface area contributed by atoms with Crippen LogP contribution in [0.2, 0.25) is 0 Å². The normalized spacial score (nSPS) is 23.8. The SMILES string of the molecule is CC1(C(=O)O)CCCN(Cc2cc(F)c(F)c(F)c2)C1. The lowest BCUT2D eigenvalue weighted by Gasteiger charge is -2.37. The smallest absolute Gasteiger partial charge is 0.310 e. The summed E-state index contributed by atoms with van der Waals surface area (Å²) in [6.45, 7) is 2.83. The van der Waals surface area contributed by atoms with E-state index in [4.69, 9.17) is 0 Å². The third-order valence-electron chi connectivity index (χ3n) is 3.74. The van der Waals surface area contributed by atoms with E-state index in [0.717, 1.165) is 12.1 Å². The van der Waals surface area contributed by atoms with Gasteiger partial charge in [0.1, 0.15) is 0 Å². The second-order valence-corrected chi connectivity index (χ2v) is 5.55. The van der Waals surface area contributed by atoms with E-state index in [1.807, 2.05) is 4.90 Å². The van der Waals surface area contributed by atoms with Crippen LogP contribution in [0, 0.1) is 22.9 Å². The molecule has 1 unspecified atom stereocenters. The maximum Gasteiger partial charge on any atom is 0.310 e. The summed E-state index contributed by atoms with van der Waals surface area (Å²) in [5.41, 5.74) is -0.550. The highest BCUT2D eigenvalue weighted by Gasteiger charge is 2.37. The van der Waals surface area contributed by atoms with Gasteiger partial charge in [0.2, 0.25) is 0 Å². The third-order valence-corrected chi connectivity index (χ3v) is 3.74. The Balaban J connectivity index is 2.12. The predicted molar refractivity (Wildman–Crippen MR) is 66.6 cm³/mol. The van der Waals surface area contributed by atoms with Gasteiger partial charge >= 0.3 is 5.97 Å². The van der Waals surface area contributed by atoms with Crippen molar-refractivity contribution in [3.8, 4) is 0 Å². The molecule has 1 atom stereocenters. The van der Waals surface area contributed by atoms with Crippen molar-refractivity contribution in [2.24, 2.45) is 5.41 Å². The van der Waals surface area contributed by atoms with E-state index in [9.17, 15) is 23.1 Å². The quantitative estimate of drug-likeness (QED) is 0.869. The Hall–Kier alpha value is -1.56. The van der Waals surface area contributed by atoms with Crippen LogP contribution in [-0.2, 0) is 11.3 Å². The summed E-state index contributed by atoms with van der Waals surface area (Å²) in [6, 6.07) is 1.90. The molecule has 1 heterocycles. The Labute approximate surface area is 115 Å². The molecule has 0 spiro atoms. The summed E-state index contributed by atoms with van der Waals surface area (Å²) < 4.78 is 39.2. The molecule has 0 amide bonds. The number of nitrogens with zero attached hydrogens (tertiary/aromatic N) is 1. The molecule has 0 aliphatic carbocycles. The number of carboxylic acid groups (broad SMARTS) is 1. The van der Waals surface area contributed by atoms with Gasteiger partial charge in [-0.15, -0.1) is 0 Å². The predicted octanol–water partition coefficient (Wildman–Crippen LogP) is 2.79. The Kier molecular flexibility index (Phi) is 4.04. The van der Waals surface area contributed by atoms with Gasteiger partial charge in [0, 0.05) is 13.1 Å². The summed E-state index contributed by atoms with van der Waals surface area (Å²) in [4.78, 5) is 13.1. The van der Waals surface area contributed by atoms with Crippen molar-refractivity contribution in [1.82, 2.24) is 4.90 Å². The molecule has 0 aromatic heterocycles. The number of carboxylic acids is 1. The van der Waals surface area contributed by atoms with Gasteiger partial charge in [-0.25, -0.2) is 13.2 Å². The van der Waals surface area contributed by atoms with Crippen molar-refractivity contribution in [3.05, 3.63) is 35.1 Å². The third kappa shape index (κ3) is 2.95. The fraction of sp³-hybridized carbons (Fsp3) is 0.500. The lowest BCUT2D eigenvalue weighted by Crippen LogP contribution is -2.45. The maximum atomic E-state index is 13.1. The summed E-state index contributed by atoms with van der Waals surface area (Å²) in [5, 5.41) is 9.21. The van der Waals surface area contributed by atoms with E-state index in [2.05, 4.69) is 0 Å². The van der Waals surface area contributed by atoms with Crippen molar-refractivity contribution in [3.63, 3.8) is 0 Å². The number of likely N-dealkylation sites (tertiary alicyclic amines) is 1. The average molecular weight is 287 g/mol. The molecule has 1 saturated heterocycles. The minimum atomic E-state index is -1.48. The van der Waals surface area contributed by atoms with Crippen LogP contribution in [0.5, 0.6) is 0 Å². The molecule has 1 aromatic rings. The molecule has 2 rings (SSSR count). The number of aliphatic carboxylic acids is 1. The van der Waals surface area contributed by atoms with Crippen LogP contribution in [0.4, 0.5) is 13.2 Å². The summed E-state index contributed by atoms with van der Waals surface area (Å²) in [6.07, 6.45) is 1.28. The number of carbonyl (C=O) groups is 1. The van der Waals surface area contributed by atoms with E-state index >= 15 is 0 Å². The highest BCUT2D eigenvalue weighted by molar-refractivity contribution is 5.74. The van der Waals surface area contributed by atoms with Crippen LogP contribution in [0.15, 0.2) is 12.1 Å². The van der Waals surface area contributed by atoms with Gasteiger partial charge in [-0.1, -0.05) is 0 Å². The minimum Gasteiger partial charge on any atom is -0.481 e. The standard InChI is InChI=1S/C14H16F3NO2/c1-14(13(19)20)3-2-4-18(8-14)7-9-5-10(15)12(17)11(16)6-9/h5-6H,2-4,7-8H2,1H3,(H,19,20). The zero-order valence-electron chi connectivity index (χ0n) is 11.1. The first-order valence-electron chi connectivity index (χ1n) is 6.41. The van der Waals surface area contributed by atoms with Crippen LogP contribution in [0.25, 0.3) is 0 Å². The lowest BCUT2D eigenvalue weighted by molar-refractivity contribution is -0.151. The summed E-state index contributed by atoms with van der Waals surface area (Å²) in [7, 11) is 0. The fourth-order valence-electron chi connectivity index (χ4n) is 2.61. The molecule has 6 heteroatoms.